The van der Waals surface area contributed by atoms with Crippen LogP contribution in [0.4, 0.5) is 0 Å². The molecule has 0 amide bonds. The number of para-hydroxylation sites is 1. The van der Waals surface area contributed by atoms with Crippen LogP contribution in [0.15, 0.2) is 24.3 Å². The van der Waals surface area contributed by atoms with Gasteiger partial charge in [-0.3, -0.25) is 0 Å². The predicted molar refractivity (Wildman–Crippen MR) is 61.2 cm³/mol. The largest absolute Gasteiger partial charge is 0.508 e. The quantitative estimate of drug-likeness (QED) is 0.747. The van der Waals surface area contributed by atoms with E-state index in [1.165, 1.54) is 0 Å². The number of methoxy groups -OCH3 is 1. The van der Waals surface area contributed by atoms with Crippen LogP contribution in [0.1, 0.15) is 12.5 Å². The molecule has 2 N–H and O–H groups in total. The van der Waals surface area contributed by atoms with E-state index in [1.807, 2.05) is 18.2 Å². The Labute approximate surface area is 91.1 Å². The van der Waals surface area contributed by atoms with Gasteiger partial charge < -0.3 is 15.2 Å². The van der Waals surface area contributed by atoms with Gasteiger partial charge in [0.25, 0.3) is 0 Å². The van der Waals surface area contributed by atoms with Crippen molar-refractivity contribution in [2.45, 2.75) is 19.4 Å². The zero-order valence-electron chi connectivity index (χ0n) is 9.36. The lowest BCUT2D eigenvalue weighted by molar-refractivity contribution is 0.172. The molecule has 0 aliphatic carbocycles. The fourth-order valence-corrected chi connectivity index (χ4v) is 1.48. The van der Waals surface area contributed by atoms with E-state index >= 15 is 0 Å². The summed E-state index contributed by atoms with van der Waals surface area (Å²) >= 11 is 0. The third-order valence-corrected chi connectivity index (χ3v) is 2.30. The van der Waals surface area contributed by atoms with Crippen LogP contribution in [0.3, 0.4) is 0 Å². The molecule has 0 radical (unpaired) electrons. The third-order valence-electron chi connectivity index (χ3n) is 2.30. The topological polar surface area (TPSA) is 41.5 Å². The van der Waals surface area contributed by atoms with Crippen LogP contribution in [0.2, 0.25) is 0 Å². The number of rotatable bonds is 6. The Morgan fingerprint density at radius 3 is 2.80 bits per heavy atom. The number of phenols is 1. The van der Waals surface area contributed by atoms with E-state index in [0.29, 0.717) is 18.4 Å². The van der Waals surface area contributed by atoms with Crippen LogP contribution >= 0.6 is 0 Å². The summed E-state index contributed by atoms with van der Waals surface area (Å²) in [5.74, 6) is 0.374. The minimum absolute atomic E-state index is 0.348. The number of phenolic OH excluding ortho intramolecular Hbond substituents is 1. The zero-order chi connectivity index (χ0) is 11.1. The molecule has 84 valence electrons. The highest BCUT2D eigenvalue weighted by atomic mass is 16.5. The van der Waals surface area contributed by atoms with Crippen molar-refractivity contribution >= 4 is 0 Å². The molecule has 0 aliphatic heterocycles. The molecule has 0 aliphatic rings. The number of nitrogens with one attached hydrogen (secondary N) is 1. The van der Waals surface area contributed by atoms with E-state index in [0.717, 1.165) is 18.5 Å². The van der Waals surface area contributed by atoms with Crippen LogP contribution in [0.5, 0.6) is 5.75 Å². The summed E-state index contributed by atoms with van der Waals surface area (Å²) in [7, 11) is 1.70. The maximum absolute atomic E-state index is 9.53. The van der Waals surface area contributed by atoms with Crippen molar-refractivity contribution in [2.75, 3.05) is 20.3 Å². The molecule has 0 bridgehead atoms. The Balaban J connectivity index is 2.29. The highest BCUT2D eigenvalue weighted by molar-refractivity contribution is 5.31. The molecule has 3 heteroatoms. The van der Waals surface area contributed by atoms with Gasteiger partial charge in [0, 0.05) is 13.2 Å². The summed E-state index contributed by atoms with van der Waals surface area (Å²) in [6.07, 6.45) is 0.834. The molecule has 1 unspecified atom stereocenters. The van der Waals surface area contributed by atoms with E-state index in [9.17, 15) is 5.11 Å². The number of hydrogen-bond acceptors (Lipinski definition) is 3. The number of ether oxygens (including phenoxy) is 1. The van der Waals surface area contributed by atoms with Crippen LogP contribution in [-0.4, -0.2) is 31.4 Å². The molecule has 1 aromatic carbocycles. The Morgan fingerprint density at radius 2 is 2.13 bits per heavy atom. The highest BCUT2D eigenvalue weighted by Crippen LogP contribution is 2.15. The van der Waals surface area contributed by atoms with Gasteiger partial charge in [0.1, 0.15) is 5.75 Å². The molecular formula is C12H19NO2. The van der Waals surface area contributed by atoms with Crippen molar-refractivity contribution in [2.24, 2.45) is 0 Å². The maximum Gasteiger partial charge on any atom is 0.118 e. The number of benzene rings is 1. The standard InChI is InChI=1S/C12H19NO2/c1-10(9-15-2)13-8-7-11-5-3-4-6-12(11)14/h3-6,10,13-14H,7-9H2,1-2H3. The molecule has 1 aromatic rings. The zero-order valence-corrected chi connectivity index (χ0v) is 9.36. The lowest BCUT2D eigenvalue weighted by Crippen LogP contribution is -2.31. The smallest absolute Gasteiger partial charge is 0.118 e. The monoisotopic (exact) mass is 209 g/mol. The van der Waals surface area contributed by atoms with Crippen LogP contribution in [0.25, 0.3) is 0 Å². The van der Waals surface area contributed by atoms with Crippen molar-refractivity contribution < 1.29 is 9.84 Å². The SMILES string of the molecule is COCC(C)NCCc1ccccc1O. The molecule has 0 saturated carbocycles. The Morgan fingerprint density at radius 1 is 1.40 bits per heavy atom. The fraction of sp³-hybridized carbons (Fsp3) is 0.500. The van der Waals surface area contributed by atoms with Gasteiger partial charge in [-0.1, -0.05) is 18.2 Å². The molecule has 15 heavy (non-hydrogen) atoms. The van der Waals surface area contributed by atoms with Gasteiger partial charge in [0.2, 0.25) is 0 Å². The van der Waals surface area contributed by atoms with Gasteiger partial charge in [-0.25, -0.2) is 0 Å². The second-order valence-corrected chi connectivity index (χ2v) is 3.69. The Kier molecular flexibility index (Phi) is 5.15. The normalized spacial score (nSPS) is 12.7. The number of aromatic hydroxyl groups is 1. The summed E-state index contributed by atoms with van der Waals surface area (Å²) in [5.41, 5.74) is 0.981. The van der Waals surface area contributed by atoms with Gasteiger partial charge in [-0.15, -0.1) is 0 Å². The van der Waals surface area contributed by atoms with Gasteiger partial charge >= 0.3 is 0 Å². The molecule has 0 heterocycles. The van der Waals surface area contributed by atoms with Crippen LogP contribution in [-0.2, 0) is 11.2 Å². The van der Waals surface area contributed by atoms with E-state index in [4.69, 9.17) is 4.74 Å². The van der Waals surface area contributed by atoms with Crippen molar-refractivity contribution in [3.8, 4) is 5.75 Å². The van der Waals surface area contributed by atoms with Crippen molar-refractivity contribution in [3.05, 3.63) is 29.8 Å². The third kappa shape index (κ3) is 4.32. The summed E-state index contributed by atoms with van der Waals surface area (Å²) in [4.78, 5) is 0. The molecule has 0 aromatic heterocycles. The first-order valence-electron chi connectivity index (χ1n) is 5.23. The van der Waals surface area contributed by atoms with Gasteiger partial charge in [-0.2, -0.15) is 0 Å². The van der Waals surface area contributed by atoms with Crippen molar-refractivity contribution in [3.63, 3.8) is 0 Å². The Bertz CT molecular complexity index is 289. The summed E-state index contributed by atoms with van der Waals surface area (Å²) < 4.78 is 5.02. The van der Waals surface area contributed by atoms with E-state index in [-0.39, 0.29) is 0 Å². The maximum atomic E-state index is 9.53. The van der Waals surface area contributed by atoms with E-state index in [2.05, 4.69) is 12.2 Å². The van der Waals surface area contributed by atoms with Crippen LogP contribution in [0, 0.1) is 0 Å². The minimum atomic E-state index is 0.348. The molecule has 0 spiro atoms. The fourth-order valence-electron chi connectivity index (χ4n) is 1.48. The average molecular weight is 209 g/mol. The highest BCUT2D eigenvalue weighted by Gasteiger charge is 2.02. The second-order valence-electron chi connectivity index (χ2n) is 3.69. The van der Waals surface area contributed by atoms with Gasteiger partial charge in [0.05, 0.1) is 6.61 Å². The minimum Gasteiger partial charge on any atom is -0.508 e. The Hall–Kier alpha value is -1.06. The van der Waals surface area contributed by atoms with E-state index in [1.54, 1.807) is 13.2 Å². The summed E-state index contributed by atoms with van der Waals surface area (Å²) in [6.45, 7) is 3.64. The lowest BCUT2D eigenvalue weighted by Gasteiger charge is -2.12. The first-order chi connectivity index (χ1) is 7.24. The molecule has 0 saturated heterocycles. The van der Waals surface area contributed by atoms with E-state index < -0.39 is 0 Å². The molecular weight excluding hydrogens is 190 g/mol. The predicted octanol–water partition coefficient (Wildman–Crippen LogP) is 1.56. The molecule has 1 rings (SSSR count). The second kappa shape index (κ2) is 6.43. The van der Waals surface area contributed by atoms with Crippen LogP contribution < -0.4 is 5.32 Å². The van der Waals surface area contributed by atoms with Crippen molar-refractivity contribution in [1.29, 1.82) is 0 Å². The average Bonchev–Trinajstić information content (AvgIpc) is 2.21. The lowest BCUT2D eigenvalue weighted by atomic mass is 10.1. The van der Waals surface area contributed by atoms with Gasteiger partial charge in [-0.05, 0) is 31.5 Å². The molecule has 0 fully saturated rings. The first kappa shape index (κ1) is 12.0. The first-order valence-corrected chi connectivity index (χ1v) is 5.23. The number of hydrogen-bond donors (Lipinski definition) is 2. The molecule has 1 atom stereocenters. The van der Waals surface area contributed by atoms with Crippen molar-refractivity contribution in [1.82, 2.24) is 5.32 Å². The van der Waals surface area contributed by atoms with Gasteiger partial charge in [0.15, 0.2) is 0 Å². The summed E-state index contributed by atoms with van der Waals surface area (Å²) in [6, 6.07) is 7.78. The molecule has 3 nitrogen and oxygen atoms in total. The summed E-state index contributed by atoms with van der Waals surface area (Å²) in [5, 5.41) is 12.8.